The summed E-state index contributed by atoms with van der Waals surface area (Å²) in [6, 6.07) is 7.70. The van der Waals surface area contributed by atoms with E-state index in [-0.39, 0.29) is 5.82 Å². The normalized spacial score (nSPS) is 29.9. The molecule has 1 nitrogen and oxygen atoms in total. The highest BCUT2D eigenvalue weighted by molar-refractivity contribution is 5.22. The first-order valence-electron chi connectivity index (χ1n) is 6.00. The van der Waals surface area contributed by atoms with Crippen LogP contribution in [0.2, 0.25) is 0 Å². The largest absolute Gasteiger partial charge is 0.306 e. The molecule has 1 aromatic rings. The molecule has 0 bridgehead atoms. The van der Waals surface area contributed by atoms with E-state index in [1.807, 2.05) is 12.1 Å². The Morgan fingerprint density at radius 3 is 2.25 bits per heavy atom. The number of rotatable bonds is 2. The van der Waals surface area contributed by atoms with Gasteiger partial charge in [0.05, 0.1) is 0 Å². The summed E-state index contributed by atoms with van der Waals surface area (Å²) >= 11 is 0. The third-order valence-electron chi connectivity index (χ3n) is 3.89. The number of hydrogen-bond acceptors (Lipinski definition) is 1. The summed E-state index contributed by atoms with van der Waals surface area (Å²) in [5.41, 5.74) is 1.29. The van der Waals surface area contributed by atoms with Crippen LogP contribution >= 0.6 is 0 Å². The SMILES string of the molecule is CC1CC(N(C)C)CC1c1ccc(F)cc1. The summed E-state index contributed by atoms with van der Waals surface area (Å²) in [6.07, 6.45) is 2.44. The maximum atomic E-state index is 12.9. The molecule has 1 aliphatic carbocycles. The lowest BCUT2D eigenvalue weighted by Gasteiger charge is -2.19. The molecule has 3 atom stereocenters. The van der Waals surface area contributed by atoms with Crippen LogP contribution < -0.4 is 0 Å². The third-order valence-corrected chi connectivity index (χ3v) is 3.89. The van der Waals surface area contributed by atoms with Crippen LogP contribution in [0.5, 0.6) is 0 Å². The zero-order valence-corrected chi connectivity index (χ0v) is 10.3. The fourth-order valence-corrected chi connectivity index (χ4v) is 2.81. The summed E-state index contributed by atoms with van der Waals surface area (Å²) in [6.45, 7) is 2.30. The van der Waals surface area contributed by atoms with Gasteiger partial charge in [0.25, 0.3) is 0 Å². The highest BCUT2D eigenvalue weighted by Crippen LogP contribution is 2.40. The van der Waals surface area contributed by atoms with E-state index in [9.17, 15) is 4.39 Å². The van der Waals surface area contributed by atoms with E-state index in [0.29, 0.717) is 17.9 Å². The first-order chi connectivity index (χ1) is 7.58. The smallest absolute Gasteiger partial charge is 0.123 e. The van der Waals surface area contributed by atoms with Crippen LogP contribution in [-0.2, 0) is 0 Å². The van der Waals surface area contributed by atoms with Gasteiger partial charge in [-0.05, 0) is 56.5 Å². The summed E-state index contributed by atoms with van der Waals surface area (Å²) in [5.74, 6) is 1.14. The van der Waals surface area contributed by atoms with E-state index in [1.54, 1.807) is 12.1 Å². The minimum atomic E-state index is -0.140. The average Bonchev–Trinajstić information content (AvgIpc) is 2.62. The van der Waals surface area contributed by atoms with Gasteiger partial charge in [0.15, 0.2) is 0 Å². The van der Waals surface area contributed by atoms with Crippen molar-refractivity contribution in [2.75, 3.05) is 14.1 Å². The quantitative estimate of drug-likeness (QED) is 0.741. The fraction of sp³-hybridized carbons (Fsp3) is 0.571. The Kier molecular flexibility index (Phi) is 3.29. The van der Waals surface area contributed by atoms with E-state index < -0.39 is 0 Å². The van der Waals surface area contributed by atoms with Crippen molar-refractivity contribution >= 4 is 0 Å². The highest BCUT2D eigenvalue weighted by Gasteiger charge is 2.33. The van der Waals surface area contributed by atoms with Crippen molar-refractivity contribution in [3.63, 3.8) is 0 Å². The van der Waals surface area contributed by atoms with Gasteiger partial charge in [-0.3, -0.25) is 0 Å². The molecule has 88 valence electrons. The lowest BCUT2D eigenvalue weighted by atomic mass is 9.90. The Labute approximate surface area is 97.3 Å². The molecule has 1 aromatic carbocycles. The molecule has 0 aromatic heterocycles. The Morgan fingerprint density at radius 2 is 1.75 bits per heavy atom. The van der Waals surface area contributed by atoms with E-state index in [1.165, 1.54) is 18.4 Å². The van der Waals surface area contributed by atoms with E-state index >= 15 is 0 Å². The van der Waals surface area contributed by atoms with Crippen LogP contribution in [0.4, 0.5) is 4.39 Å². The van der Waals surface area contributed by atoms with E-state index in [0.717, 1.165) is 0 Å². The van der Waals surface area contributed by atoms with Gasteiger partial charge in [0, 0.05) is 6.04 Å². The Bertz CT molecular complexity index is 344. The minimum absolute atomic E-state index is 0.140. The summed E-state index contributed by atoms with van der Waals surface area (Å²) in [7, 11) is 4.29. The van der Waals surface area contributed by atoms with Gasteiger partial charge in [0.1, 0.15) is 5.82 Å². The number of nitrogens with zero attached hydrogens (tertiary/aromatic N) is 1. The molecule has 0 radical (unpaired) electrons. The Morgan fingerprint density at radius 1 is 1.12 bits per heavy atom. The van der Waals surface area contributed by atoms with Gasteiger partial charge >= 0.3 is 0 Å². The standard InChI is InChI=1S/C14H20FN/c1-10-8-13(16(2)3)9-14(10)11-4-6-12(15)7-5-11/h4-7,10,13-14H,8-9H2,1-3H3. The lowest BCUT2D eigenvalue weighted by Crippen LogP contribution is -2.24. The fourth-order valence-electron chi connectivity index (χ4n) is 2.81. The van der Waals surface area contributed by atoms with Gasteiger partial charge in [-0.25, -0.2) is 4.39 Å². The summed E-state index contributed by atoms with van der Waals surface area (Å²) in [5, 5.41) is 0. The third kappa shape index (κ3) is 2.27. The van der Waals surface area contributed by atoms with Gasteiger partial charge in [0.2, 0.25) is 0 Å². The predicted octanol–water partition coefficient (Wildman–Crippen LogP) is 3.27. The van der Waals surface area contributed by atoms with E-state index in [2.05, 4.69) is 25.9 Å². The zero-order valence-electron chi connectivity index (χ0n) is 10.3. The van der Waals surface area contributed by atoms with Crippen molar-refractivity contribution in [1.29, 1.82) is 0 Å². The average molecular weight is 221 g/mol. The molecule has 16 heavy (non-hydrogen) atoms. The molecular formula is C14H20FN. The molecule has 0 saturated heterocycles. The molecule has 2 rings (SSSR count). The minimum Gasteiger partial charge on any atom is -0.306 e. The molecule has 1 saturated carbocycles. The molecule has 0 spiro atoms. The Balaban J connectivity index is 2.13. The molecule has 1 aliphatic rings. The van der Waals surface area contributed by atoms with Gasteiger partial charge < -0.3 is 4.90 Å². The molecule has 1 fully saturated rings. The van der Waals surface area contributed by atoms with Crippen molar-refractivity contribution in [3.05, 3.63) is 35.6 Å². The van der Waals surface area contributed by atoms with Crippen LogP contribution in [0, 0.1) is 11.7 Å². The first-order valence-corrected chi connectivity index (χ1v) is 6.00. The second-order valence-electron chi connectivity index (χ2n) is 5.22. The molecular weight excluding hydrogens is 201 g/mol. The van der Waals surface area contributed by atoms with Crippen molar-refractivity contribution in [2.24, 2.45) is 5.92 Å². The molecule has 2 heteroatoms. The van der Waals surface area contributed by atoms with Gasteiger partial charge in [-0.2, -0.15) is 0 Å². The molecule has 0 heterocycles. The lowest BCUT2D eigenvalue weighted by molar-refractivity contribution is 0.292. The summed E-state index contributed by atoms with van der Waals surface area (Å²) < 4.78 is 12.9. The second kappa shape index (κ2) is 4.54. The maximum Gasteiger partial charge on any atom is 0.123 e. The monoisotopic (exact) mass is 221 g/mol. The molecule has 0 N–H and O–H groups in total. The van der Waals surface area contributed by atoms with Crippen LogP contribution in [0.1, 0.15) is 31.2 Å². The predicted molar refractivity (Wildman–Crippen MR) is 65.0 cm³/mol. The Hall–Kier alpha value is -0.890. The zero-order chi connectivity index (χ0) is 11.7. The van der Waals surface area contributed by atoms with Crippen molar-refractivity contribution in [3.8, 4) is 0 Å². The first kappa shape index (κ1) is 11.6. The van der Waals surface area contributed by atoms with Gasteiger partial charge in [-0.1, -0.05) is 19.1 Å². The molecule has 0 amide bonds. The number of halogens is 1. The molecule has 3 unspecified atom stereocenters. The number of benzene rings is 1. The number of hydrogen-bond donors (Lipinski definition) is 0. The van der Waals surface area contributed by atoms with Crippen LogP contribution in [0.25, 0.3) is 0 Å². The van der Waals surface area contributed by atoms with Crippen molar-refractivity contribution in [2.45, 2.75) is 31.7 Å². The van der Waals surface area contributed by atoms with E-state index in [4.69, 9.17) is 0 Å². The molecule has 0 aliphatic heterocycles. The van der Waals surface area contributed by atoms with Crippen LogP contribution in [-0.4, -0.2) is 25.0 Å². The van der Waals surface area contributed by atoms with Crippen molar-refractivity contribution in [1.82, 2.24) is 4.90 Å². The van der Waals surface area contributed by atoms with Crippen LogP contribution in [0.15, 0.2) is 24.3 Å². The summed E-state index contributed by atoms with van der Waals surface area (Å²) in [4.78, 5) is 2.31. The second-order valence-corrected chi connectivity index (χ2v) is 5.22. The maximum absolute atomic E-state index is 12.9. The topological polar surface area (TPSA) is 3.24 Å². The van der Waals surface area contributed by atoms with Gasteiger partial charge in [-0.15, -0.1) is 0 Å². The highest BCUT2D eigenvalue weighted by atomic mass is 19.1. The van der Waals surface area contributed by atoms with Crippen molar-refractivity contribution < 1.29 is 4.39 Å². The van der Waals surface area contributed by atoms with Crippen LogP contribution in [0.3, 0.4) is 0 Å².